The highest BCUT2D eigenvalue weighted by Crippen LogP contribution is 2.09. The average Bonchev–Trinajstić information content (AvgIpc) is 2.99. The number of H-pyrrole nitrogens is 1. The van der Waals surface area contributed by atoms with Crippen molar-refractivity contribution in [3.63, 3.8) is 0 Å². The molecule has 0 aromatic carbocycles. The summed E-state index contributed by atoms with van der Waals surface area (Å²) in [5.41, 5.74) is 0.476. The molecule has 0 fully saturated rings. The maximum Gasteiger partial charge on any atom is 0.242 e. The van der Waals surface area contributed by atoms with E-state index in [1.54, 1.807) is 12.4 Å². The van der Waals surface area contributed by atoms with E-state index in [2.05, 4.69) is 31.5 Å². The lowest BCUT2D eigenvalue weighted by Gasteiger charge is -2.05. The van der Waals surface area contributed by atoms with Crippen LogP contribution in [0.15, 0.2) is 35.7 Å². The van der Waals surface area contributed by atoms with E-state index in [1.807, 2.05) is 0 Å². The van der Waals surface area contributed by atoms with Gasteiger partial charge >= 0.3 is 0 Å². The Morgan fingerprint density at radius 1 is 1.38 bits per heavy atom. The Morgan fingerprint density at radius 3 is 2.95 bits per heavy atom. The van der Waals surface area contributed by atoms with E-state index in [9.17, 15) is 8.42 Å². The van der Waals surface area contributed by atoms with Gasteiger partial charge in [-0.25, -0.2) is 18.1 Å². The Hall–Kier alpha value is -2.21. The van der Waals surface area contributed by atoms with Crippen LogP contribution in [0.2, 0.25) is 0 Å². The average molecular weight is 306 g/mol. The van der Waals surface area contributed by atoms with Gasteiger partial charge in [0.05, 0.1) is 13.2 Å². The zero-order valence-electron chi connectivity index (χ0n) is 11.1. The van der Waals surface area contributed by atoms with E-state index in [1.165, 1.54) is 18.5 Å². The van der Waals surface area contributed by atoms with Gasteiger partial charge < -0.3 is 10.1 Å². The molecule has 8 heteroatoms. The minimum atomic E-state index is -3.68. The molecule has 2 aromatic heterocycles. The van der Waals surface area contributed by atoms with Crippen LogP contribution in [0.1, 0.15) is 17.8 Å². The number of hydrogen-bond acceptors (Lipinski definition) is 5. The quantitative estimate of drug-likeness (QED) is 0.675. The minimum Gasteiger partial charge on any atom is -0.395 e. The summed E-state index contributed by atoms with van der Waals surface area (Å²) < 4.78 is 26.7. The number of hydrogen-bond donors (Lipinski definition) is 3. The molecule has 7 nitrogen and oxygen atoms in total. The van der Waals surface area contributed by atoms with Crippen molar-refractivity contribution in [3.8, 4) is 11.8 Å². The first-order chi connectivity index (χ1) is 10.1. The van der Waals surface area contributed by atoms with E-state index >= 15 is 0 Å². The minimum absolute atomic E-state index is 0.0323. The van der Waals surface area contributed by atoms with Crippen molar-refractivity contribution < 1.29 is 13.5 Å². The van der Waals surface area contributed by atoms with Crippen molar-refractivity contribution in [2.75, 3.05) is 6.61 Å². The molecule has 3 N–H and O–H groups in total. The third-order valence-electron chi connectivity index (χ3n) is 2.48. The van der Waals surface area contributed by atoms with Gasteiger partial charge in [0, 0.05) is 36.8 Å². The number of aromatic amines is 1. The number of nitrogens with zero attached hydrogens (tertiary/aromatic N) is 2. The van der Waals surface area contributed by atoms with Crippen LogP contribution in [-0.2, 0) is 16.6 Å². The zero-order chi connectivity index (χ0) is 15.1. The largest absolute Gasteiger partial charge is 0.395 e. The van der Waals surface area contributed by atoms with Gasteiger partial charge in [0.15, 0.2) is 0 Å². The highest BCUT2D eigenvalue weighted by Gasteiger charge is 2.15. The van der Waals surface area contributed by atoms with Crippen LogP contribution in [0.3, 0.4) is 0 Å². The predicted molar refractivity (Wildman–Crippen MR) is 75.4 cm³/mol. The van der Waals surface area contributed by atoms with Crippen LogP contribution in [0, 0.1) is 11.8 Å². The van der Waals surface area contributed by atoms with E-state index in [0.29, 0.717) is 17.8 Å². The topological polar surface area (TPSA) is 108 Å². The molecular weight excluding hydrogens is 292 g/mol. The molecule has 2 heterocycles. The van der Waals surface area contributed by atoms with Crippen LogP contribution >= 0.6 is 0 Å². The number of pyridine rings is 1. The highest BCUT2D eigenvalue weighted by molar-refractivity contribution is 7.89. The maximum atomic E-state index is 12.1. The maximum absolute atomic E-state index is 12.1. The number of rotatable bonds is 5. The second kappa shape index (κ2) is 6.99. The molecule has 0 bridgehead atoms. The van der Waals surface area contributed by atoms with E-state index in [4.69, 9.17) is 5.11 Å². The fraction of sp³-hybridized carbons (Fsp3) is 0.231. The molecule has 2 aromatic rings. The Morgan fingerprint density at radius 2 is 2.24 bits per heavy atom. The van der Waals surface area contributed by atoms with E-state index in [-0.39, 0.29) is 18.0 Å². The molecule has 0 radical (unpaired) electrons. The zero-order valence-corrected chi connectivity index (χ0v) is 11.9. The summed E-state index contributed by atoms with van der Waals surface area (Å²) in [5.74, 6) is 5.98. The van der Waals surface area contributed by atoms with E-state index < -0.39 is 10.0 Å². The number of imidazole rings is 1. The number of aliphatic hydroxyl groups excluding tert-OH is 1. The van der Waals surface area contributed by atoms with Crippen molar-refractivity contribution in [2.45, 2.75) is 17.9 Å². The summed E-state index contributed by atoms with van der Waals surface area (Å²) >= 11 is 0. The Balaban J connectivity index is 2.12. The van der Waals surface area contributed by atoms with Gasteiger partial charge in [0.1, 0.15) is 10.7 Å². The lowest BCUT2D eigenvalue weighted by atomic mass is 10.3. The van der Waals surface area contributed by atoms with Gasteiger partial charge in [-0.15, -0.1) is 0 Å². The van der Waals surface area contributed by atoms with Crippen molar-refractivity contribution in [1.29, 1.82) is 0 Å². The fourth-order valence-corrected chi connectivity index (χ4v) is 2.47. The molecule has 0 atom stereocenters. The summed E-state index contributed by atoms with van der Waals surface area (Å²) in [6, 6.07) is 1.43. The van der Waals surface area contributed by atoms with Gasteiger partial charge in [-0.2, -0.15) is 0 Å². The van der Waals surface area contributed by atoms with Crippen LogP contribution < -0.4 is 4.72 Å². The molecule has 0 saturated heterocycles. The highest BCUT2D eigenvalue weighted by atomic mass is 32.2. The number of sulfonamides is 1. The predicted octanol–water partition coefficient (Wildman–Crippen LogP) is 0.0171. The summed E-state index contributed by atoms with van der Waals surface area (Å²) in [5, 5.41) is 8.66. The van der Waals surface area contributed by atoms with Gasteiger partial charge in [-0.3, -0.25) is 4.98 Å². The monoisotopic (exact) mass is 306 g/mol. The van der Waals surface area contributed by atoms with Crippen LogP contribution in [0.5, 0.6) is 0 Å². The third kappa shape index (κ3) is 4.39. The number of aromatic nitrogens is 3. The second-order valence-electron chi connectivity index (χ2n) is 4.05. The third-order valence-corrected chi connectivity index (χ3v) is 3.85. The van der Waals surface area contributed by atoms with Crippen molar-refractivity contribution >= 4 is 10.0 Å². The number of nitrogens with one attached hydrogen (secondary N) is 2. The summed E-state index contributed by atoms with van der Waals surface area (Å²) in [6.45, 7) is 0.0267. The molecule has 0 aliphatic carbocycles. The van der Waals surface area contributed by atoms with Crippen LogP contribution in [-0.4, -0.2) is 35.1 Å². The Kier molecular flexibility index (Phi) is 5.05. The molecule has 0 unspecified atom stereocenters. The Labute approximate surface area is 122 Å². The van der Waals surface area contributed by atoms with E-state index in [0.717, 1.165) is 0 Å². The SMILES string of the molecule is O=S(=O)(NCc1ncc[nH]1)c1cncc(C#CCCO)c1. The molecule has 21 heavy (non-hydrogen) atoms. The summed E-state index contributed by atoms with van der Waals surface area (Å²) in [6.07, 6.45) is 6.20. The molecule has 2 rings (SSSR count). The molecule has 0 aliphatic heterocycles. The number of aliphatic hydroxyl groups is 1. The first-order valence-corrected chi connectivity index (χ1v) is 7.63. The molecule has 0 aliphatic rings. The fourth-order valence-electron chi connectivity index (χ4n) is 1.50. The van der Waals surface area contributed by atoms with Crippen molar-refractivity contribution in [1.82, 2.24) is 19.7 Å². The van der Waals surface area contributed by atoms with Gasteiger partial charge in [-0.1, -0.05) is 11.8 Å². The van der Waals surface area contributed by atoms with Gasteiger partial charge in [0.2, 0.25) is 10.0 Å². The Bertz CT molecular complexity index is 745. The van der Waals surface area contributed by atoms with Crippen molar-refractivity contribution in [2.24, 2.45) is 0 Å². The van der Waals surface area contributed by atoms with Gasteiger partial charge in [-0.05, 0) is 6.07 Å². The molecule has 0 amide bonds. The van der Waals surface area contributed by atoms with Crippen molar-refractivity contribution in [3.05, 3.63) is 42.2 Å². The molecular formula is C13H14N4O3S. The summed E-state index contributed by atoms with van der Waals surface area (Å²) in [4.78, 5) is 10.6. The second-order valence-corrected chi connectivity index (χ2v) is 5.81. The first kappa shape index (κ1) is 15.2. The lowest BCUT2D eigenvalue weighted by molar-refractivity contribution is 0.305. The summed E-state index contributed by atoms with van der Waals surface area (Å²) in [7, 11) is -3.68. The molecule has 110 valence electrons. The lowest BCUT2D eigenvalue weighted by Crippen LogP contribution is -2.24. The smallest absolute Gasteiger partial charge is 0.242 e. The van der Waals surface area contributed by atoms with Gasteiger partial charge in [0.25, 0.3) is 0 Å². The standard InChI is InChI=1S/C13H14N4O3S/c18-6-2-1-3-11-7-12(9-14-8-11)21(19,20)17-10-13-15-4-5-16-13/h4-5,7-9,17-18H,2,6,10H2,(H,15,16). The molecule has 0 saturated carbocycles. The normalized spacial score (nSPS) is 10.9. The first-order valence-electron chi connectivity index (χ1n) is 6.14. The molecule has 0 spiro atoms. The van der Waals surface area contributed by atoms with Crippen LogP contribution in [0.4, 0.5) is 0 Å². The van der Waals surface area contributed by atoms with Crippen LogP contribution in [0.25, 0.3) is 0 Å².